The second kappa shape index (κ2) is 6.07. The summed E-state index contributed by atoms with van der Waals surface area (Å²) in [6.07, 6.45) is 1.61. The minimum atomic E-state index is -0.141. The van der Waals surface area contributed by atoms with Crippen molar-refractivity contribution in [2.24, 2.45) is 0 Å². The predicted molar refractivity (Wildman–Crippen MR) is 62.6 cm³/mol. The van der Waals surface area contributed by atoms with E-state index in [1.54, 1.807) is 18.3 Å². The third-order valence-electron chi connectivity index (χ3n) is 1.84. The fourth-order valence-electron chi connectivity index (χ4n) is 1.10. The Bertz CT molecular complexity index is 353. The lowest BCUT2D eigenvalue weighted by Gasteiger charge is -2.11. The number of likely N-dealkylation sites (N-methyl/N-ethyl adjacent to an activating group) is 1. The first-order valence-electron chi connectivity index (χ1n) is 5.09. The van der Waals surface area contributed by atoms with E-state index in [9.17, 15) is 4.79 Å². The number of carbonyl (C=O) groups excluding carboxylic acids is 1. The van der Waals surface area contributed by atoms with Gasteiger partial charge in [-0.2, -0.15) is 0 Å². The van der Waals surface area contributed by atoms with Crippen LogP contribution in [0.5, 0.6) is 5.75 Å². The second-order valence-corrected chi connectivity index (χ2v) is 3.71. The Morgan fingerprint density at radius 2 is 2.31 bits per heavy atom. The predicted octanol–water partition coefficient (Wildman–Crippen LogP) is 0.980. The van der Waals surface area contributed by atoms with Gasteiger partial charge in [0.2, 0.25) is 5.91 Å². The van der Waals surface area contributed by atoms with Gasteiger partial charge in [0.15, 0.2) is 0 Å². The van der Waals surface area contributed by atoms with Gasteiger partial charge in [-0.15, -0.1) is 0 Å². The van der Waals surface area contributed by atoms with Crippen molar-refractivity contribution >= 4 is 11.7 Å². The molecule has 0 bridgehead atoms. The molecule has 88 valence electrons. The fourth-order valence-corrected chi connectivity index (χ4v) is 1.10. The SMILES string of the molecule is CC(=O)Nc1cc(OCCN(C)C)ccn1. The number of carbonyl (C=O) groups is 1. The number of aromatic nitrogens is 1. The number of rotatable bonds is 5. The lowest BCUT2D eigenvalue weighted by atomic mass is 10.4. The zero-order valence-corrected chi connectivity index (χ0v) is 9.86. The van der Waals surface area contributed by atoms with Crippen molar-refractivity contribution in [3.05, 3.63) is 18.3 Å². The van der Waals surface area contributed by atoms with E-state index >= 15 is 0 Å². The van der Waals surface area contributed by atoms with Crippen molar-refractivity contribution in [2.45, 2.75) is 6.92 Å². The Morgan fingerprint density at radius 3 is 2.94 bits per heavy atom. The molecular formula is C11H17N3O2. The average molecular weight is 223 g/mol. The maximum Gasteiger partial charge on any atom is 0.222 e. The van der Waals surface area contributed by atoms with Gasteiger partial charge in [0.25, 0.3) is 0 Å². The minimum absolute atomic E-state index is 0.141. The maximum absolute atomic E-state index is 10.8. The summed E-state index contributed by atoms with van der Waals surface area (Å²) < 4.78 is 5.51. The topological polar surface area (TPSA) is 54.5 Å². The molecule has 5 nitrogen and oxygen atoms in total. The Kier molecular flexibility index (Phi) is 4.72. The summed E-state index contributed by atoms with van der Waals surface area (Å²) in [5.41, 5.74) is 0. The van der Waals surface area contributed by atoms with Gasteiger partial charge in [-0.25, -0.2) is 4.98 Å². The molecule has 1 rings (SSSR count). The summed E-state index contributed by atoms with van der Waals surface area (Å²) in [6.45, 7) is 2.90. The molecule has 0 fully saturated rings. The molecule has 0 aromatic carbocycles. The normalized spacial score (nSPS) is 10.2. The van der Waals surface area contributed by atoms with Crippen molar-refractivity contribution in [1.82, 2.24) is 9.88 Å². The molecule has 1 N–H and O–H groups in total. The molecule has 0 atom stereocenters. The van der Waals surface area contributed by atoms with Gasteiger partial charge in [-0.1, -0.05) is 0 Å². The summed E-state index contributed by atoms with van der Waals surface area (Å²) >= 11 is 0. The van der Waals surface area contributed by atoms with Crippen molar-refractivity contribution < 1.29 is 9.53 Å². The molecule has 0 unspecified atom stereocenters. The molecule has 0 radical (unpaired) electrons. The van der Waals surface area contributed by atoms with E-state index in [1.165, 1.54) is 6.92 Å². The van der Waals surface area contributed by atoms with Crippen molar-refractivity contribution in [3.63, 3.8) is 0 Å². The Hall–Kier alpha value is -1.62. The van der Waals surface area contributed by atoms with Crippen molar-refractivity contribution in [1.29, 1.82) is 0 Å². The molecule has 1 aromatic heterocycles. The first-order valence-corrected chi connectivity index (χ1v) is 5.09. The third kappa shape index (κ3) is 4.75. The van der Waals surface area contributed by atoms with Crippen LogP contribution < -0.4 is 10.1 Å². The Morgan fingerprint density at radius 1 is 1.56 bits per heavy atom. The number of hydrogen-bond donors (Lipinski definition) is 1. The first-order chi connectivity index (χ1) is 7.58. The highest BCUT2D eigenvalue weighted by Crippen LogP contribution is 2.14. The molecule has 5 heteroatoms. The fraction of sp³-hybridized carbons (Fsp3) is 0.455. The van der Waals surface area contributed by atoms with Gasteiger partial charge >= 0.3 is 0 Å². The number of hydrogen-bond acceptors (Lipinski definition) is 4. The quantitative estimate of drug-likeness (QED) is 0.808. The van der Waals surface area contributed by atoms with Crippen LogP contribution in [0.25, 0.3) is 0 Å². The van der Waals surface area contributed by atoms with E-state index < -0.39 is 0 Å². The van der Waals surface area contributed by atoms with Crippen LogP contribution in [-0.4, -0.2) is 43.0 Å². The number of ether oxygens (including phenoxy) is 1. The molecule has 0 spiro atoms. The molecule has 1 aromatic rings. The van der Waals surface area contributed by atoms with Crippen LogP contribution in [0, 0.1) is 0 Å². The molecule has 1 amide bonds. The van der Waals surface area contributed by atoms with E-state index in [2.05, 4.69) is 10.3 Å². The second-order valence-electron chi connectivity index (χ2n) is 3.71. The number of amides is 1. The molecule has 1 heterocycles. The van der Waals surface area contributed by atoms with Crippen LogP contribution >= 0.6 is 0 Å². The average Bonchev–Trinajstić information content (AvgIpc) is 2.16. The van der Waals surface area contributed by atoms with E-state index in [4.69, 9.17) is 4.74 Å². The number of nitrogens with zero attached hydrogens (tertiary/aromatic N) is 2. The van der Waals surface area contributed by atoms with Crippen LogP contribution in [0.1, 0.15) is 6.92 Å². The first kappa shape index (κ1) is 12.4. The smallest absolute Gasteiger partial charge is 0.222 e. The van der Waals surface area contributed by atoms with Gasteiger partial charge in [-0.05, 0) is 20.2 Å². The number of pyridine rings is 1. The summed E-state index contributed by atoms with van der Waals surface area (Å²) in [5, 5.41) is 2.60. The van der Waals surface area contributed by atoms with Gasteiger partial charge in [-0.3, -0.25) is 4.79 Å². The molecule has 0 aliphatic heterocycles. The summed E-state index contributed by atoms with van der Waals surface area (Å²) in [5.74, 6) is 1.08. The molecular weight excluding hydrogens is 206 g/mol. The van der Waals surface area contributed by atoms with E-state index in [-0.39, 0.29) is 5.91 Å². The lowest BCUT2D eigenvalue weighted by Crippen LogP contribution is -2.19. The van der Waals surface area contributed by atoms with Crippen LogP contribution in [-0.2, 0) is 4.79 Å². The van der Waals surface area contributed by atoms with Gasteiger partial charge in [0.05, 0.1) is 0 Å². The molecule has 0 aliphatic rings. The highest BCUT2D eigenvalue weighted by molar-refractivity contribution is 5.87. The minimum Gasteiger partial charge on any atom is -0.492 e. The number of nitrogens with one attached hydrogen (secondary N) is 1. The Balaban J connectivity index is 2.50. The zero-order chi connectivity index (χ0) is 12.0. The van der Waals surface area contributed by atoms with Crippen molar-refractivity contribution in [3.8, 4) is 5.75 Å². The van der Waals surface area contributed by atoms with Gasteiger partial charge in [0.1, 0.15) is 18.2 Å². The van der Waals surface area contributed by atoms with Crippen LogP contribution in [0.15, 0.2) is 18.3 Å². The van der Waals surface area contributed by atoms with E-state index in [0.29, 0.717) is 18.2 Å². The van der Waals surface area contributed by atoms with E-state index in [1.807, 2.05) is 19.0 Å². The van der Waals surface area contributed by atoms with E-state index in [0.717, 1.165) is 6.54 Å². The highest BCUT2D eigenvalue weighted by Gasteiger charge is 2.00. The molecule has 0 aliphatic carbocycles. The standard InChI is InChI=1S/C11H17N3O2/c1-9(15)13-11-8-10(4-5-12-11)16-7-6-14(2)3/h4-5,8H,6-7H2,1-3H3,(H,12,13,15). The third-order valence-corrected chi connectivity index (χ3v) is 1.84. The van der Waals surface area contributed by atoms with Crippen LogP contribution in [0.2, 0.25) is 0 Å². The summed E-state index contributed by atoms with van der Waals surface area (Å²) in [4.78, 5) is 16.9. The van der Waals surface area contributed by atoms with Crippen LogP contribution in [0.3, 0.4) is 0 Å². The number of anilines is 1. The molecule has 16 heavy (non-hydrogen) atoms. The maximum atomic E-state index is 10.8. The lowest BCUT2D eigenvalue weighted by molar-refractivity contribution is -0.114. The zero-order valence-electron chi connectivity index (χ0n) is 9.86. The molecule has 0 saturated carbocycles. The summed E-state index contributed by atoms with van der Waals surface area (Å²) in [7, 11) is 3.97. The Labute approximate surface area is 95.4 Å². The monoisotopic (exact) mass is 223 g/mol. The van der Waals surface area contributed by atoms with Gasteiger partial charge in [0, 0.05) is 25.7 Å². The summed E-state index contributed by atoms with van der Waals surface area (Å²) in [6, 6.07) is 3.47. The van der Waals surface area contributed by atoms with Crippen LogP contribution in [0.4, 0.5) is 5.82 Å². The molecule has 0 saturated heterocycles. The van der Waals surface area contributed by atoms with Crippen molar-refractivity contribution in [2.75, 3.05) is 32.6 Å². The largest absolute Gasteiger partial charge is 0.492 e. The highest BCUT2D eigenvalue weighted by atomic mass is 16.5. The van der Waals surface area contributed by atoms with Gasteiger partial charge < -0.3 is 15.0 Å².